The number of benzene rings is 1. The van der Waals surface area contributed by atoms with E-state index in [9.17, 15) is 14.0 Å². The number of piperazine rings is 1. The van der Waals surface area contributed by atoms with Crippen molar-refractivity contribution in [2.75, 3.05) is 43.5 Å². The lowest BCUT2D eigenvalue weighted by Crippen LogP contribution is -2.56. The maximum atomic E-state index is 13.2. The van der Waals surface area contributed by atoms with E-state index in [4.69, 9.17) is 5.73 Å². The highest BCUT2D eigenvalue weighted by Crippen LogP contribution is 2.13. The summed E-state index contributed by atoms with van der Waals surface area (Å²) in [6.45, 7) is 4.15. The zero-order valence-corrected chi connectivity index (χ0v) is 17.3. The average Bonchev–Trinajstić information content (AvgIpc) is 2.65. The fourth-order valence-electron chi connectivity index (χ4n) is 2.91. The van der Waals surface area contributed by atoms with E-state index >= 15 is 0 Å². The molecular weight excluding hydrogens is 391 g/mol. The first-order chi connectivity index (χ1) is 12.4. The lowest BCUT2D eigenvalue weighted by Gasteiger charge is -2.38. The van der Waals surface area contributed by atoms with Gasteiger partial charge in [0.15, 0.2) is 0 Å². The molecule has 2 rings (SSSR count). The first-order valence-corrected chi connectivity index (χ1v) is 10.2. The van der Waals surface area contributed by atoms with Gasteiger partial charge in [-0.3, -0.25) is 14.5 Å². The molecule has 0 spiro atoms. The third-order valence-corrected chi connectivity index (χ3v) is 5.24. The second-order valence-electron chi connectivity index (χ2n) is 6.42. The number of nitrogens with two attached hydrogens (primary N) is 1. The molecule has 3 N–H and O–H groups in total. The quantitative estimate of drug-likeness (QED) is 0.705. The molecule has 2 atom stereocenters. The topological polar surface area (TPSA) is 78.7 Å². The highest BCUT2D eigenvalue weighted by molar-refractivity contribution is 7.98. The van der Waals surface area contributed by atoms with E-state index in [1.807, 2.05) is 18.1 Å². The van der Waals surface area contributed by atoms with Crippen LogP contribution in [0.15, 0.2) is 24.3 Å². The van der Waals surface area contributed by atoms with Crippen LogP contribution in [-0.4, -0.2) is 71.9 Å². The Bertz CT molecular complexity index is 629. The van der Waals surface area contributed by atoms with Gasteiger partial charge >= 0.3 is 0 Å². The van der Waals surface area contributed by atoms with Crippen LogP contribution < -0.4 is 11.1 Å². The first kappa shape index (κ1) is 23.7. The monoisotopic (exact) mass is 418 g/mol. The summed E-state index contributed by atoms with van der Waals surface area (Å²) in [6.07, 6.45) is 2.67. The van der Waals surface area contributed by atoms with Crippen molar-refractivity contribution in [1.82, 2.24) is 9.80 Å². The van der Waals surface area contributed by atoms with E-state index < -0.39 is 6.04 Å². The molecule has 0 aromatic heterocycles. The third kappa shape index (κ3) is 6.95. The minimum Gasteiger partial charge on any atom is -0.339 e. The van der Waals surface area contributed by atoms with Gasteiger partial charge in [0.25, 0.3) is 0 Å². The summed E-state index contributed by atoms with van der Waals surface area (Å²) in [7, 11) is 0. The number of carbonyl (C=O) groups excluding carboxylic acids is 2. The Labute approximate surface area is 170 Å². The number of hydrogen-bond acceptors (Lipinski definition) is 5. The minimum atomic E-state index is -0.456. The maximum absolute atomic E-state index is 13.2. The second kappa shape index (κ2) is 11.5. The van der Waals surface area contributed by atoms with E-state index in [1.54, 1.807) is 28.8 Å². The van der Waals surface area contributed by atoms with E-state index in [0.717, 1.165) is 5.75 Å². The summed E-state index contributed by atoms with van der Waals surface area (Å²) in [5.74, 6) is 0.271. The van der Waals surface area contributed by atoms with Gasteiger partial charge in [-0.15, -0.1) is 12.4 Å². The van der Waals surface area contributed by atoms with Crippen LogP contribution in [0.25, 0.3) is 0 Å². The molecule has 1 aliphatic rings. The van der Waals surface area contributed by atoms with E-state index in [-0.39, 0.29) is 36.1 Å². The van der Waals surface area contributed by atoms with Crippen LogP contribution in [0.3, 0.4) is 0 Å². The molecule has 9 heteroatoms. The van der Waals surface area contributed by atoms with Gasteiger partial charge in [0.1, 0.15) is 5.82 Å². The van der Waals surface area contributed by atoms with Crippen LogP contribution >= 0.6 is 24.2 Å². The highest BCUT2D eigenvalue weighted by atomic mass is 35.5. The average molecular weight is 419 g/mol. The number of rotatable bonds is 7. The molecule has 27 heavy (non-hydrogen) atoms. The predicted molar refractivity (Wildman–Crippen MR) is 111 cm³/mol. The Morgan fingerprint density at radius 1 is 1.30 bits per heavy atom. The van der Waals surface area contributed by atoms with Gasteiger partial charge in [0, 0.05) is 31.9 Å². The third-order valence-electron chi connectivity index (χ3n) is 4.60. The van der Waals surface area contributed by atoms with E-state index in [0.29, 0.717) is 38.3 Å². The minimum absolute atomic E-state index is 0. The number of halogens is 2. The van der Waals surface area contributed by atoms with Crippen molar-refractivity contribution in [3.63, 3.8) is 0 Å². The first-order valence-electron chi connectivity index (χ1n) is 8.76. The van der Waals surface area contributed by atoms with Gasteiger partial charge in [-0.05, 0) is 43.6 Å². The molecule has 1 aromatic rings. The summed E-state index contributed by atoms with van der Waals surface area (Å²) in [6, 6.07) is 5.01. The Kier molecular flexibility index (Phi) is 10.1. The summed E-state index contributed by atoms with van der Waals surface area (Å²) >= 11 is 1.68. The SMILES string of the molecule is CSCC[C@H](N)C(=O)N1CCN(C(C)C(=O)Nc2cccc(F)c2)CC1.Cl. The second-order valence-corrected chi connectivity index (χ2v) is 7.41. The lowest BCUT2D eigenvalue weighted by molar-refractivity contribution is -0.135. The van der Waals surface area contributed by atoms with Crippen molar-refractivity contribution in [3.8, 4) is 0 Å². The van der Waals surface area contributed by atoms with Gasteiger partial charge in [0.2, 0.25) is 11.8 Å². The molecule has 0 radical (unpaired) electrons. The summed E-state index contributed by atoms with van der Waals surface area (Å²) in [5.41, 5.74) is 6.40. The smallest absolute Gasteiger partial charge is 0.241 e. The molecule has 0 saturated carbocycles. The van der Waals surface area contributed by atoms with Crippen molar-refractivity contribution in [3.05, 3.63) is 30.1 Å². The maximum Gasteiger partial charge on any atom is 0.241 e. The number of anilines is 1. The molecule has 1 aromatic carbocycles. The van der Waals surface area contributed by atoms with Gasteiger partial charge in [-0.1, -0.05) is 6.07 Å². The van der Waals surface area contributed by atoms with Crippen LogP contribution in [0, 0.1) is 5.82 Å². The molecule has 2 amide bonds. The number of nitrogens with one attached hydrogen (secondary N) is 1. The predicted octanol–water partition coefficient (Wildman–Crippen LogP) is 1.80. The standard InChI is InChI=1S/C18H27FN4O2S.ClH/c1-13(17(24)21-15-5-3-4-14(19)12-15)22-7-9-23(10-8-22)18(25)16(20)6-11-26-2;/h3-5,12-13,16H,6-11,20H2,1-2H3,(H,21,24);1H/t13?,16-;/m0./s1. The molecule has 0 bridgehead atoms. The van der Waals surface area contributed by atoms with Crippen LogP contribution in [0.2, 0.25) is 0 Å². The molecule has 1 unspecified atom stereocenters. The van der Waals surface area contributed by atoms with E-state index in [2.05, 4.69) is 5.32 Å². The van der Waals surface area contributed by atoms with Gasteiger partial charge < -0.3 is 16.0 Å². The fraction of sp³-hybridized carbons (Fsp3) is 0.556. The zero-order valence-electron chi connectivity index (χ0n) is 15.7. The summed E-state index contributed by atoms with van der Waals surface area (Å²) in [5, 5.41) is 2.73. The van der Waals surface area contributed by atoms with Gasteiger partial charge in [-0.2, -0.15) is 11.8 Å². The largest absolute Gasteiger partial charge is 0.339 e. The van der Waals surface area contributed by atoms with E-state index in [1.165, 1.54) is 12.1 Å². The Morgan fingerprint density at radius 3 is 2.56 bits per heavy atom. The number of nitrogens with zero attached hydrogens (tertiary/aromatic N) is 2. The molecule has 152 valence electrons. The molecule has 1 saturated heterocycles. The number of hydrogen-bond donors (Lipinski definition) is 2. The molecule has 1 heterocycles. The van der Waals surface area contributed by atoms with Crippen molar-refractivity contribution in [1.29, 1.82) is 0 Å². The Hall–Kier alpha value is -1.35. The normalized spacial score (nSPS) is 17.0. The lowest BCUT2D eigenvalue weighted by atomic mass is 10.1. The highest BCUT2D eigenvalue weighted by Gasteiger charge is 2.29. The van der Waals surface area contributed by atoms with Gasteiger partial charge in [-0.25, -0.2) is 4.39 Å². The number of amides is 2. The van der Waals surface area contributed by atoms with Crippen LogP contribution in [0.1, 0.15) is 13.3 Å². The van der Waals surface area contributed by atoms with Crippen LogP contribution in [0.5, 0.6) is 0 Å². The van der Waals surface area contributed by atoms with Gasteiger partial charge in [0.05, 0.1) is 12.1 Å². The Morgan fingerprint density at radius 2 is 1.96 bits per heavy atom. The molecule has 0 aliphatic carbocycles. The number of thioether (sulfide) groups is 1. The molecular formula is C18H28ClFN4O2S. The molecule has 6 nitrogen and oxygen atoms in total. The van der Waals surface area contributed by atoms with Crippen molar-refractivity contribution in [2.45, 2.75) is 25.4 Å². The van der Waals surface area contributed by atoms with Crippen LogP contribution in [-0.2, 0) is 9.59 Å². The summed E-state index contributed by atoms with van der Waals surface area (Å²) < 4.78 is 13.2. The van der Waals surface area contributed by atoms with Crippen molar-refractivity contribution >= 4 is 41.7 Å². The Balaban J connectivity index is 0.00000364. The van der Waals surface area contributed by atoms with Crippen molar-refractivity contribution in [2.24, 2.45) is 5.73 Å². The van der Waals surface area contributed by atoms with Crippen molar-refractivity contribution < 1.29 is 14.0 Å². The molecule has 1 aliphatic heterocycles. The zero-order chi connectivity index (χ0) is 19.1. The fourth-order valence-corrected chi connectivity index (χ4v) is 3.40. The molecule has 1 fully saturated rings. The van der Waals surface area contributed by atoms with Crippen LogP contribution in [0.4, 0.5) is 10.1 Å². The summed E-state index contributed by atoms with van der Waals surface area (Å²) in [4.78, 5) is 28.5. The number of carbonyl (C=O) groups is 2.